The van der Waals surface area contributed by atoms with Crippen molar-refractivity contribution in [3.8, 4) is 0 Å². The first-order chi connectivity index (χ1) is 20.6. The predicted molar refractivity (Wildman–Crippen MR) is 174 cm³/mol. The maximum absolute atomic E-state index is 14.0. The Bertz CT molecular complexity index is 1480. The summed E-state index contributed by atoms with van der Waals surface area (Å²) in [7, 11) is -3.62. The lowest BCUT2D eigenvalue weighted by molar-refractivity contribution is -0.141. The van der Waals surface area contributed by atoms with Gasteiger partial charge in [-0.3, -0.25) is 13.9 Å². The van der Waals surface area contributed by atoms with E-state index in [1.807, 2.05) is 42.5 Å². The molecule has 0 saturated heterocycles. The highest BCUT2D eigenvalue weighted by Gasteiger charge is 2.32. The fraction of sp³-hybridized carbons (Fsp3) is 0.394. The third-order valence-electron chi connectivity index (χ3n) is 7.71. The van der Waals surface area contributed by atoms with E-state index >= 15 is 0 Å². The molecule has 0 radical (unpaired) electrons. The van der Waals surface area contributed by atoms with Crippen molar-refractivity contribution in [2.45, 2.75) is 70.0 Å². The minimum atomic E-state index is -3.62. The number of sulfonamides is 1. The first kappa shape index (κ1) is 32.8. The molecule has 2 amide bonds. The minimum absolute atomic E-state index is 0.0507. The molecule has 0 bridgehead atoms. The van der Waals surface area contributed by atoms with Gasteiger partial charge >= 0.3 is 0 Å². The van der Waals surface area contributed by atoms with E-state index in [1.54, 1.807) is 41.3 Å². The summed E-state index contributed by atoms with van der Waals surface area (Å²) in [6.45, 7) is 0.284. The molecule has 230 valence electrons. The fourth-order valence-corrected chi connectivity index (χ4v) is 6.92. The molecular weight excluding hydrogens is 605 g/mol. The largest absolute Gasteiger partial charge is 0.352 e. The highest BCUT2D eigenvalue weighted by molar-refractivity contribution is 7.92. The van der Waals surface area contributed by atoms with E-state index in [0.29, 0.717) is 22.2 Å². The van der Waals surface area contributed by atoms with Gasteiger partial charge in [0.25, 0.3) is 0 Å². The number of carbonyl (C=O) groups is 2. The van der Waals surface area contributed by atoms with E-state index in [-0.39, 0.29) is 43.8 Å². The van der Waals surface area contributed by atoms with Gasteiger partial charge in [0.15, 0.2) is 0 Å². The maximum Gasteiger partial charge on any atom is 0.243 e. The average Bonchev–Trinajstić information content (AvgIpc) is 2.97. The van der Waals surface area contributed by atoms with E-state index in [2.05, 4.69) is 5.32 Å². The first-order valence-corrected chi connectivity index (χ1v) is 17.3. The maximum atomic E-state index is 14.0. The number of hydrogen-bond donors (Lipinski definition) is 1. The Hall–Kier alpha value is -3.07. The number of anilines is 1. The van der Waals surface area contributed by atoms with Gasteiger partial charge in [0.1, 0.15) is 6.04 Å². The third kappa shape index (κ3) is 9.98. The Balaban J connectivity index is 1.59. The molecule has 43 heavy (non-hydrogen) atoms. The molecule has 10 heteroatoms. The Kier molecular flexibility index (Phi) is 11.9. The number of hydrogen-bond acceptors (Lipinski definition) is 4. The van der Waals surface area contributed by atoms with E-state index in [9.17, 15) is 18.0 Å². The molecule has 0 heterocycles. The van der Waals surface area contributed by atoms with Gasteiger partial charge in [-0.05, 0) is 60.7 Å². The van der Waals surface area contributed by atoms with Crippen molar-refractivity contribution in [3.05, 3.63) is 100 Å². The molecule has 1 N–H and O–H groups in total. The van der Waals surface area contributed by atoms with Crippen LogP contribution in [0, 0.1) is 0 Å². The highest BCUT2D eigenvalue weighted by Crippen LogP contribution is 2.24. The van der Waals surface area contributed by atoms with Crippen LogP contribution in [0.3, 0.4) is 0 Å². The lowest BCUT2D eigenvalue weighted by atomic mass is 9.94. The summed E-state index contributed by atoms with van der Waals surface area (Å²) in [6, 6.07) is 22.9. The van der Waals surface area contributed by atoms with Crippen LogP contribution in [0.15, 0.2) is 78.9 Å². The SMILES string of the molecule is CS(=O)(=O)N(CCCC(=O)N(Cc1cccc(Cl)c1)[C@H](Cc1ccccc1)C(=O)NC1CCCCC1)c1cccc(Cl)c1. The van der Waals surface area contributed by atoms with Crippen molar-refractivity contribution in [2.24, 2.45) is 0 Å². The predicted octanol–water partition coefficient (Wildman–Crippen LogP) is 6.63. The Morgan fingerprint density at radius 2 is 1.53 bits per heavy atom. The number of benzene rings is 3. The zero-order chi connectivity index (χ0) is 30.8. The molecule has 0 aliphatic heterocycles. The van der Waals surface area contributed by atoms with Gasteiger partial charge in [-0.25, -0.2) is 8.42 Å². The molecule has 1 saturated carbocycles. The minimum Gasteiger partial charge on any atom is -0.352 e. The summed E-state index contributed by atoms with van der Waals surface area (Å²) < 4.78 is 26.5. The summed E-state index contributed by atoms with van der Waals surface area (Å²) in [5, 5.41) is 4.20. The molecule has 3 aromatic rings. The van der Waals surface area contributed by atoms with Gasteiger partial charge in [0, 0.05) is 42.0 Å². The van der Waals surface area contributed by atoms with Crippen molar-refractivity contribution < 1.29 is 18.0 Å². The lowest BCUT2D eigenvalue weighted by Crippen LogP contribution is -2.52. The molecule has 1 aliphatic rings. The molecule has 1 atom stereocenters. The average molecular weight is 645 g/mol. The lowest BCUT2D eigenvalue weighted by Gasteiger charge is -2.34. The van der Waals surface area contributed by atoms with Crippen LogP contribution in [0.1, 0.15) is 56.1 Å². The summed E-state index contributed by atoms with van der Waals surface area (Å²) >= 11 is 12.4. The van der Waals surface area contributed by atoms with Crippen molar-refractivity contribution in [1.29, 1.82) is 0 Å². The second-order valence-corrected chi connectivity index (χ2v) is 13.9. The molecule has 4 rings (SSSR count). The van der Waals surface area contributed by atoms with Crippen LogP contribution in [0.2, 0.25) is 10.0 Å². The zero-order valence-electron chi connectivity index (χ0n) is 24.4. The highest BCUT2D eigenvalue weighted by atomic mass is 35.5. The smallest absolute Gasteiger partial charge is 0.243 e. The van der Waals surface area contributed by atoms with Gasteiger partial charge in [-0.15, -0.1) is 0 Å². The molecule has 0 aromatic heterocycles. The second-order valence-electron chi connectivity index (χ2n) is 11.1. The van der Waals surface area contributed by atoms with Crippen molar-refractivity contribution in [3.63, 3.8) is 0 Å². The van der Waals surface area contributed by atoms with Crippen LogP contribution >= 0.6 is 23.2 Å². The number of halogens is 2. The molecule has 1 fully saturated rings. The normalized spacial score (nSPS) is 14.6. The molecule has 3 aromatic carbocycles. The van der Waals surface area contributed by atoms with E-state index in [1.165, 1.54) is 10.7 Å². The second kappa shape index (κ2) is 15.6. The van der Waals surface area contributed by atoms with Crippen LogP contribution in [-0.2, 0) is 32.6 Å². The number of nitrogens with one attached hydrogen (secondary N) is 1. The van der Waals surface area contributed by atoms with E-state index in [0.717, 1.165) is 43.1 Å². The molecular formula is C33H39Cl2N3O4S. The number of carbonyl (C=O) groups excluding carboxylic acids is 2. The van der Waals surface area contributed by atoms with E-state index < -0.39 is 16.1 Å². The van der Waals surface area contributed by atoms with Crippen LogP contribution in [0.25, 0.3) is 0 Å². The molecule has 7 nitrogen and oxygen atoms in total. The van der Waals surface area contributed by atoms with Gasteiger partial charge in [-0.2, -0.15) is 0 Å². The fourth-order valence-electron chi connectivity index (χ4n) is 5.57. The van der Waals surface area contributed by atoms with Gasteiger partial charge in [-0.1, -0.05) is 91.0 Å². The van der Waals surface area contributed by atoms with Gasteiger partial charge in [0.05, 0.1) is 11.9 Å². The number of rotatable bonds is 13. The van der Waals surface area contributed by atoms with Gasteiger partial charge < -0.3 is 10.2 Å². The van der Waals surface area contributed by atoms with Crippen LogP contribution in [0.4, 0.5) is 5.69 Å². The van der Waals surface area contributed by atoms with E-state index in [4.69, 9.17) is 23.2 Å². The number of nitrogens with zero attached hydrogens (tertiary/aromatic N) is 2. The van der Waals surface area contributed by atoms with Crippen molar-refractivity contribution in [1.82, 2.24) is 10.2 Å². The molecule has 1 aliphatic carbocycles. The Morgan fingerprint density at radius 3 is 2.19 bits per heavy atom. The van der Waals surface area contributed by atoms with Crippen molar-refractivity contribution in [2.75, 3.05) is 17.1 Å². The Morgan fingerprint density at radius 1 is 0.884 bits per heavy atom. The molecule has 0 spiro atoms. The zero-order valence-corrected chi connectivity index (χ0v) is 26.8. The third-order valence-corrected chi connectivity index (χ3v) is 9.38. The monoisotopic (exact) mass is 643 g/mol. The van der Waals surface area contributed by atoms with Crippen LogP contribution < -0.4 is 9.62 Å². The summed E-state index contributed by atoms with van der Waals surface area (Å²) in [6.07, 6.45) is 6.96. The summed E-state index contributed by atoms with van der Waals surface area (Å²) in [4.78, 5) is 29.6. The Labute approximate surface area is 265 Å². The topological polar surface area (TPSA) is 86.8 Å². The standard InChI is InChI=1S/C33H39Cl2N3O4S/c1-43(41,42)38(30-18-9-15-28(35)23-30)20-10-19-32(39)37(24-26-13-8-14-27(34)21-26)31(22-25-11-4-2-5-12-25)33(40)36-29-16-6-3-7-17-29/h2,4-5,8-9,11-15,18,21,23,29,31H,3,6-7,10,16-17,19-20,22,24H2,1H3,(H,36,40)/t31-/m1/s1. The summed E-state index contributed by atoms with van der Waals surface area (Å²) in [5.74, 6) is -0.415. The molecule has 0 unspecified atom stereocenters. The van der Waals surface area contributed by atoms with Crippen LogP contribution in [-0.4, -0.2) is 50.0 Å². The summed E-state index contributed by atoms with van der Waals surface area (Å²) in [5.41, 5.74) is 2.19. The first-order valence-electron chi connectivity index (χ1n) is 14.7. The van der Waals surface area contributed by atoms with Crippen LogP contribution in [0.5, 0.6) is 0 Å². The van der Waals surface area contributed by atoms with Gasteiger partial charge in [0.2, 0.25) is 21.8 Å². The quantitative estimate of drug-likeness (QED) is 0.227. The van der Waals surface area contributed by atoms with Crippen molar-refractivity contribution >= 4 is 50.7 Å². The number of amides is 2.